The molecular weight excluding hydrogens is 168 g/mol. The number of rotatable bonds is 3. The predicted octanol–water partition coefficient (Wildman–Crippen LogP) is -0.831. The van der Waals surface area contributed by atoms with Gasteiger partial charge in [-0.05, 0) is 0 Å². The van der Waals surface area contributed by atoms with E-state index in [0.29, 0.717) is 0 Å². The third kappa shape index (κ3) is 11.6. The quantitative estimate of drug-likeness (QED) is 0.523. The predicted molar refractivity (Wildman–Crippen MR) is 38.8 cm³/mol. The monoisotopic (exact) mass is 180 g/mol. The molecule has 0 aliphatic rings. The van der Waals surface area contributed by atoms with Crippen LogP contribution in [0.5, 0.6) is 0 Å². The molecule has 0 aromatic carbocycles. The molecule has 0 aliphatic carbocycles. The van der Waals surface area contributed by atoms with Gasteiger partial charge in [0.25, 0.3) is 0 Å². The van der Waals surface area contributed by atoms with Gasteiger partial charge in [0, 0.05) is 14.2 Å². The van der Waals surface area contributed by atoms with Gasteiger partial charge in [-0.1, -0.05) is 0 Å². The van der Waals surface area contributed by atoms with E-state index in [1.54, 1.807) is 14.2 Å². The zero-order valence-corrected chi connectivity index (χ0v) is 6.85. The SMILES string of the molecule is COC.O=C(O)CC(O)C(=O)O. The van der Waals surface area contributed by atoms with E-state index in [-0.39, 0.29) is 0 Å². The molecule has 0 rings (SSSR count). The van der Waals surface area contributed by atoms with Gasteiger partial charge in [-0.3, -0.25) is 4.79 Å². The fourth-order valence-corrected chi connectivity index (χ4v) is 0.253. The zero-order valence-electron chi connectivity index (χ0n) is 6.85. The first-order chi connectivity index (χ1) is 5.45. The van der Waals surface area contributed by atoms with Crippen LogP contribution in [0.1, 0.15) is 6.42 Å². The molecule has 0 spiro atoms. The normalized spacial score (nSPS) is 10.9. The van der Waals surface area contributed by atoms with Crippen molar-refractivity contribution in [1.82, 2.24) is 0 Å². The molecule has 0 amide bonds. The van der Waals surface area contributed by atoms with E-state index in [2.05, 4.69) is 4.74 Å². The minimum Gasteiger partial charge on any atom is -0.481 e. The molecule has 3 N–H and O–H groups in total. The van der Waals surface area contributed by atoms with Crippen molar-refractivity contribution < 1.29 is 29.6 Å². The number of aliphatic hydroxyl groups is 1. The number of methoxy groups -OCH3 is 1. The van der Waals surface area contributed by atoms with Crippen LogP contribution in [0.3, 0.4) is 0 Å². The average molecular weight is 180 g/mol. The number of aliphatic hydroxyl groups excluding tert-OH is 1. The van der Waals surface area contributed by atoms with E-state index in [1.807, 2.05) is 0 Å². The number of carboxylic acids is 2. The van der Waals surface area contributed by atoms with Gasteiger partial charge in [-0.25, -0.2) is 4.79 Å². The second kappa shape index (κ2) is 7.96. The minimum atomic E-state index is -1.79. The van der Waals surface area contributed by atoms with E-state index in [0.717, 1.165) is 0 Å². The van der Waals surface area contributed by atoms with Crippen LogP contribution in [-0.4, -0.2) is 47.6 Å². The lowest BCUT2D eigenvalue weighted by Gasteiger charge is -1.97. The second-order valence-corrected chi connectivity index (χ2v) is 1.86. The highest BCUT2D eigenvalue weighted by molar-refractivity contribution is 5.79. The Hall–Kier alpha value is -1.14. The fraction of sp³-hybridized carbons (Fsp3) is 0.667. The number of carbonyl (C=O) groups is 2. The summed E-state index contributed by atoms with van der Waals surface area (Å²) in [5, 5.41) is 24.1. The maximum atomic E-state index is 9.72. The first-order valence-corrected chi connectivity index (χ1v) is 2.98. The van der Waals surface area contributed by atoms with Crippen LogP contribution >= 0.6 is 0 Å². The van der Waals surface area contributed by atoms with Crippen LogP contribution in [0, 0.1) is 0 Å². The molecule has 0 aromatic rings. The van der Waals surface area contributed by atoms with Crippen molar-refractivity contribution in [2.45, 2.75) is 12.5 Å². The number of hydrogen-bond donors (Lipinski definition) is 3. The summed E-state index contributed by atoms with van der Waals surface area (Å²) in [6.07, 6.45) is -2.54. The van der Waals surface area contributed by atoms with Crippen molar-refractivity contribution in [1.29, 1.82) is 0 Å². The Bertz CT molecular complexity index is 143. The number of carboxylic acid groups (broad SMARTS) is 2. The molecule has 12 heavy (non-hydrogen) atoms. The van der Waals surface area contributed by atoms with Gasteiger partial charge in [-0.2, -0.15) is 0 Å². The third-order valence-corrected chi connectivity index (χ3v) is 0.653. The summed E-state index contributed by atoms with van der Waals surface area (Å²) >= 11 is 0. The van der Waals surface area contributed by atoms with Crippen molar-refractivity contribution in [3.05, 3.63) is 0 Å². The molecular formula is C6H12O6. The molecule has 6 heteroatoms. The first-order valence-electron chi connectivity index (χ1n) is 2.98. The van der Waals surface area contributed by atoms with Crippen LogP contribution in [-0.2, 0) is 14.3 Å². The molecule has 0 aromatic heterocycles. The van der Waals surface area contributed by atoms with Crippen molar-refractivity contribution >= 4 is 11.9 Å². The van der Waals surface area contributed by atoms with Gasteiger partial charge in [0.1, 0.15) is 0 Å². The highest BCUT2D eigenvalue weighted by Gasteiger charge is 2.16. The highest BCUT2D eigenvalue weighted by Crippen LogP contribution is 1.89. The average Bonchev–Trinajstić information content (AvgIpc) is 1.87. The van der Waals surface area contributed by atoms with E-state index in [9.17, 15) is 9.59 Å². The Morgan fingerprint density at radius 3 is 1.75 bits per heavy atom. The van der Waals surface area contributed by atoms with Crippen molar-refractivity contribution in [2.24, 2.45) is 0 Å². The van der Waals surface area contributed by atoms with Gasteiger partial charge in [-0.15, -0.1) is 0 Å². The smallest absolute Gasteiger partial charge is 0.333 e. The summed E-state index contributed by atoms with van der Waals surface area (Å²) in [6.45, 7) is 0. The van der Waals surface area contributed by atoms with E-state index in [1.165, 1.54) is 0 Å². The largest absolute Gasteiger partial charge is 0.481 e. The van der Waals surface area contributed by atoms with E-state index in [4.69, 9.17) is 15.3 Å². The molecule has 0 saturated heterocycles. The Morgan fingerprint density at radius 2 is 1.67 bits per heavy atom. The topological polar surface area (TPSA) is 104 Å². The Labute approximate surface area is 69.4 Å². The van der Waals surface area contributed by atoms with Crippen LogP contribution in [0.25, 0.3) is 0 Å². The van der Waals surface area contributed by atoms with Gasteiger partial charge < -0.3 is 20.1 Å². The lowest BCUT2D eigenvalue weighted by Crippen LogP contribution is -2.22. The van der Waals surface area contributed by atoms with Gasteiger partial charge in [0.2, 0.25) is 0 Å². The lowest BCUT2D eigenvalue weighted by molar-refractivity contribution is -0.152. The third-order valence-electron chi connectivity index (χ3n) is 0.653. The zero-order chi connectivity index (χ0) is 10.1. The summed E-state index contributed by atoms with van der Waals surface area (Å²) < 4.78 is 4.25. The molecule has 0 aliphatic heterocycles. The van der Waals surface area contributed by atoms with Gasteiger partial charge in [0.05, 0.1) is 6.42 Å². The Kier molecular flexibility index (Phi) is 8.92. The lowest BCUT2D eigenvalue weighted by atomic mass is 10.3. The molecule has 0 radical (unpaired) electrons. The number of ether oxygens (including phenoxy) is 1. The van der Waals surface area contributed by atoms with Crippen LogP contribution in [0.4, 0.5) is 0 Å². The maximum Gasteiger partial charge on any atom is 0.333 e. The second-order valence-electron chi connectivity index (χ2n) is 1.86. The van der Waals surface area contributed by atoms with Crippen LogP contribution in [0.15, 0.2) is 0 Å². The Balaban J connectivity index is 0. The molecule has 0 saturated carbocycles. The van der Waals surface area contributed by atoms with Crippen molar-refractivity contribution in [2.75, 3.05) is 14.2 Å². The fourth-order valence-electron chi connectivity index (χ4n) is 0.253. The molecule has 0 heterocycles. The van der Waals surface area contributed by atoms with Gasteiger partial charge >= 0.3 is 11.9 Å². The van der Waals surface area contributed by atoms with Crippen molar-refractivity contribution in [3.63, 3.8) is 0 Å². The highest BCUT2D eigenvalue weighted by atomic mass is 16.4. The molecule has 72 valence electrons. The molecule has 1 unspecified atom stereocenters. The van der Waals surface area contributed by atoms with Crippen LogP contribution in [0.2, 0.25) is 0 Å². The van der Waals surface area contributed by atoms with Crippen LogP contribution < -0.4 is 0 Å². The van der Waals surface area contributed by atoms with E-state index < -0.39 is 24.5 Å². The first kappa shape index (κ1) is 13.4. The summed E-state index contributed by atoms with van der Waals surface area (Å²) in [6, 6.07) is 0. The van der Waals surface area contributed by atoms with Gasteiger partial charge in [0.15, 0.2) is 6.10 Å². The molecule has 0 fully saturated rings. The summed E-state index contributed by atoms with van der Waals surface area (Å²) in [7, 11) is 3.25. The summed E-state index contributed by atoms with van der Waals surface area (Å²) in [4.78, 5) is 19.4. The number of aliphatic carboxylic acids is 2. The minimum absolute atomic E-state index is 0.755. The van der Waals surface area contributed by atoms with E-state index >= 15 is 0 Å². The summed E-state index contributed by atoms with van der Waals surface area (Å²) in [5.41, 5.74) is 0. The maximum absolute atomic E-state index is 9.72. The molecule has 6 nitrogen and oxygen atoms in total. The standard InChI is InChI=1S/C4H6O5.C2H6O/c5-2(4(8)9)1-3(6)7;1-3-2/h2,5H,1H2,(H,6,7)(H,8,9);1-2H3. The molecule has 1 atom stereocenters. The van der Waals surface area contributed by atoms with Crippen molar-refractivity contribution in [3.8, 4) is 0 Å². The Morgan fingerprint density at radius 1 is 1.33 bits per heavy atom. The summed E-state index contributed by atoms with van der Waals surface area (Å²) in [5.74, 6) is -2.85. The number of hydrogen-bond acceptors (Lipinski definition) is 4. The molecule has 0 bridgehead atoms.